The standard InChI is InChI=1S/C17H25NO3/c18-15-12-14(7-9-17(15)21-11-10-19)16(20)8-6-13-4-2-1-3-5-13/h7,9,12-13,19H,1-6,8,10-11,18H2. The predicted molar refractivity (Wildman–Crippen MR) is 83.6 cm³/mol. The number of aliphatic hydroxyl groups is 1. The number of Topliss-reactive ketones (excluding diaryl/α,β-unsaturated/α-hetero) is 1. The topological polar surface area (TPSA) is 72.6 Å². The predicted octanol–water partition coefficient (Wildman–Crippen LogP) is 3.18. The Morgan fingerprint density at radius 2 is 2.05 bits per heavy atom. The van der Waals surface area contributed by atoms with Gasteiger partial charge in [0.25, 0.3) is 0 Å². The van der Waals surface area contributed by atoms with Gasteiger partial charge in [0.15, 0.2) is 5.78 Å². The van der Waals surface area contributed by atoms with E-state index in [4.69, 9.17) is 15.6 Å². The minimum atomic E-state index is -0.0541. The van der Waals surface area contributed by atoms with E-state index in [1.54, 1.807) is 18.2 Å². The molecular formula is C17H25NO3. The summed E-state index contributed by atoms with van der Waals surface area (Å²) in [5.74, 6) is 1.39. The van der Waals surface area contributed by atoms with E-state index in [0.29, 0.717) is 29.3 Å². The average Bonchev–Trinajstić information content (AvgIpc) is 2.52. The van der Waals surface area contributed by atoms with Crippen molar-refractivity contribution in [3.63, 3.8) is 0 Å². The average molecular weight is 291 g/mol. The van der Waals surface area contributed by atoms with Gasteiger partial charge in [-0.1, -0.05) is 32.1 Å². The molecule has 1 aliphatic carbocycles. The lowest BCUT2D eigenvalue weighted by molar-refractivity contribution is 0.0970. The van der Waals surface area contributed by atoms with E-state index in [2.05, 4.69) is 0 Å². The largest absolute Gasteiger partial charge is 0.489 e. The second-order valence-electron chi connectivity index (χ2n) is 5.79. The van der Waals surface area contributed by atoms with Crippen LogP contribution < -0.4 is 10.5 Å². The van der Waals surface area contributed by atoms with Crippen molar-refractivity contribution in [2.45, 2.75) is 44.9 Å². The van der Waals surface area contributed by atoms with Crippen LogP contribution in [0.3, 0.4) is 0 Å². The first kappa shape index (κ1) is 15.8. The Hall–Kier alpha value is -1.55. The molecule has 0 unspecified atom stereocenters. The van der Waals surface area contributed by atoms with Crippen molar-refractivity contribution < 1.29 is 14.6 Å². The van der Waals surface area contributed by atoms with E-state index in [1.165, 1.54) is 32.1 Å². The Balaban J connectivity index is 1.88. The third kappa shape index (κ3) is 4.74. The molecule has 1 aliphatic rings. The molecule has 1 aromatic carbocycles. The summed E-state index contributed by atoms with van der Waals surface area (Å²) >= 11 is 0. The van der Waals surface area contributed by atoms with Crippen LogP contribution in [0.25, 0.3) is 0 Å². The van der Waals surface area contributed by atoms with Gasteiger partial charge in [-0.15, -0.1) is 0 Å². The lowest BCUT2D eigenvalue weighted by Crippen LogP contribution is -2.10. The van der Waals surface area contributed by atoms with Crippen LogP contribution >= 0.6 is 0 Å². The first-order valence-corrected chi connectivity index (χ1v) is 7.87. The summed E-state index contributed by atoms with van der Waals surface area (Å²) in [6, 6.07) is 5.14. The maximum Gasteiger partial charge on any atom is 0.162 e. The van der Waals surface area contributed by atoms with Crippen molar-refractivity contribution in [2.75, 3.05) is 18.9 Å². The second-order valence-corrected chi connectivity index (χ2v) is 5.79. The molecule has 0 atom stereocenters. The van der Waals surface area contributed by atoms with Gasteiger partial charge in [0.1, 0.15) is 12.4 Å². The first-order valence-electron chi connectivity index (χ1n) is 7.87. The molecule has 0 amide bonds. The number of rotatable bonds is 7. The number of benzene rings is 1. The summed E-state index contributed by atoms with van der Waals surface area (Å²) in [4.78, 5) is 12.2. The maximum atomic E-state index is 12.2. The van der Waals surface area contributed by atoms with E-state index >= 15 is 0 Å². The summed E-state index contributed by atoms with van der Waals surface area (Å²) in [6.45, 7) is 0.153. The van der Waals surface area contributed by atoms with Gasteiger partial charge in [0.2, 0.25) is 0 Å². The molecule has 3 N–H and O–H groups in total. The molecule has 21 heavy (non-hydrogen) atoms. The molecule has 2 rings (SSSR count). The van der Waals surface area contributed by atoms with Crippen LogP contribution in [-0.4, -0.2) is 24.1 Å². The molecule has 1 aromatic rings. The van der Waals surface area contributed by atoms with Crippen LogP contribution in [0.5, 0.6) is 5.75 Å². The Morgan fingerprint density at radius 3 is 2.71 bits per heavy atom. The fourth-order valence-corrected chi connectivity index (χ4v) is 2.96. The van der Waals surface area contributed by atoms with Crippen LogP contribution in [0.1, 0.15) is 55.3 Å². The molecule has 1 fully saturated rings. The first-order chi connectivity index (χ1) is 10.2. The van der Waals surface area contributed by atoms with Crippen LogP contribution in [0, 0.1) is 5.92 Å². The number of hydrogen-bond donors (Lipinski definition) is 2. The highest BCUT2D eigenvalue weighted by atomic mass is 16.5. The van der Waals surface area contributed by atoms with Crippen LogP contribution in [0.2, 0.25) is 0 Å². The van der Waals surface area contributed by atoms with Crippen molar-refractivity contribution in [3.8, 4) is 5.75 Å². The van der Waals surface area contributed by atoms with Gasteiger partial charge in [-0.25, -0.2) is 0 Å². The SMILES string of the molecule is Nc1cc(C(=O)CCC2CCCCC2)ccc1OCCO. The van der Waals surface area contributed by atoms with E-state index in [0.717, 1.165) is 6.42 Å². The number of hydrogen-bond acceptors (Lipinski definition) is 4. The molecule has 0 saturated heterocycles. The monoisotopic (exact) mass is 291 g/mol. The Bertz CT molecular complexity index is 467. The zero-order valence-corrected chi connectivity index (χ0v) is 12.5. The summed E-state index contributed by atoms with van der Waals surface area (Å²) in [5.41, 5.74) is 6.98. The summed E-state index contributed by atoms with van der Waals surface area (Å²) in [5, 5.41) is 8.74. The number of carbonyl (C=O) groups is 1. The number of nitrogens with two attached hydrogens (primary N) is 1. The highest BCUT2D eigenvalue weighted by molar-refractivity contribution is 5.97. The Kier molecular flexibility index (Phi) is 6.05. The lowest BCUT2D eigenvalue weighted by Gasteiger charge is -2.20. The number of aliphatic hydroxyl groups excluding tert-OH is 1. The number of anilines is 1. The quantitative estimate of drug-likeness (QED) is 0.598. The Labute approximate surface area is 126 Å². The molecule has 1 saturated carbocycles. The van der Waals surface area contributed by atoms with Crippen molar-refractivity contribution in [1.82, 2.24) is 0 Å². The minimum Gasteiger partial charge on any atom is -0.489 e. The van der Waals surface area contributed by atoms with E-state index in [9.17, 15) is 4.79 Å². The van der Waals surface area contributed by atoms with Crippen molar-refractivity contribution in [1.29, 1.82) is 0 Å². The molecule has 0 bridgehead atoms. The van der Waals surface area contributed by atoms with Gasteiger partial charge in [-0.2, -0.15) is 0 Å². The second kappa shape index (κ2) is 8.03. The van der Waals surface area contributed by atoms with Gasteiger partial charge in [-0.05, 0) is 30.5 Å². The van der Waals surface area contributed by atoms with Gasteiger partial charge in [0.05, 0.1) is 12.3 Å². The smallest absolute Gasteiger partial charge is 0.162 e. The van der Waals surface area contributed by atoms with Crippen molar-refractivity contribution >= 4 is 11.5 Å². The summed E-state index contributed by atoms with van der Waals surface area (Å²) < 4.78 is 5.29. The molecule has 4 heteroatoms. The van der Waals surface area contributed by atoms with Crippen LogP contribution in [-0.2, 0) is 0 Å². The summed E-state index contributed by atoms with van der Waals surface area (Å²) in [7, 11) is 0. The Morgan fingerprint density at radius 1 is 1.29 bits per heavy atom. The molecule has 4 nitrogen and oxygen atoms in total. The molecule has 116 valence electrons. The molecule has 0 spiro atoms. The number of carbonyl (C=O) groups excluding carboxylic acids is 1. The van der Waals surface area contributed by atoms with E-state index in [1.807, 2.05) is 0 Å². The van der Waals surface area contributed by atoms with Gasteiger partial charge in [0, 0.05) is 12.0 Å². The third-order valence-electron chi connectivity index (χ3n) is 4.19. The number of nitrogen functional groups attached to an aromatic ring is 1. The van der Waals surface area contributed by atoms with Gasteiger partial charge < -0.3 is 15.6 Å². The number of ether oxygens (including phenoxy) is 1. The highest BCUT2D eigenvalue weighted by Gasteiger charge is 2.16. The molecular weight excluding hydrogens is 266 g/mol. The zero-order chi connectivity index (χ0) is 15.1. The number of ketones is 1. The van der Waals surface area contributed by atoms with Crippen LogP contribution in [0.15, 0.2) is 18.2 Å². The molecule has 0 radical (unpaired) electrons. The maximum absolute atomic E-state index is 12.2. The summed E-state index contributed by atoms with van der Waals surface area (Å²) in [6.07, 6.45) is 8.08. The van der Waals surface area contributed by atoms with Gasteiger partial charge in [-0.3, -0.25) is 4.79 Å². The normalized spacial score (nSPS) is 15.9. The minimum absolute atomic E-state index is 0.0541. The van der Waals surface area contributed by atoms with Crippen molar-refractivity contribution in [2.24, 2.45) is 5.92 Å². The molecule has 0 heterocycles. The van der Waals surface area contributed by atoms with Gasteiger partial charge >= 0.3 is 0 Å². The fraction of sp³-hybridized carbons (Fsp3) is 0.588. The lowest BCUT2D eigenvalue weighted by atomic mass is 9.85. The zero-order valence-electron chi connectivity index (χ0n) is 12.5. The van der Waals surface area contributed by atoms with Crippen molar-refractivity contribution in [3.05, 3.63) is 23.8 Å². The molecule has 0 aromatic heterocycles. The van der Waals surface area contributed by atoms with E-state index in [-0.39, 0.29) is 19.0 Å². The van der Waals surface area contributed by atoms with E-state index < -0.39 is 0 Å². The van der Waals surface area contributed by atoms with Crippen LogP contribution in [0.4, 0.5) is 5.69 Å². The third-order valence-corrected chi connectivity index (χ3v) is 4.19. The highest BCUT2D eigenvalue weighted by Crippen LogP contribution is 2.28. The fourth-order valence-electron chi connectivity index (χ4n) is 2.96. The molecule has 0 aliphatic heterocycles.